The van der Waals surface area contributed by atoms with Crippen molar-refractivity contribution in [1.29, 1.82) is 0 Å². The minimum Gasteiger partial charge on any atom is -0.496 e. The smallest absolute Gasteiger partial charge is 0.341 e. The normalized spacial score (nSPS) is 14.7. The van der Waals surface area contributed by atoms with Crippen molar-refractivity contribution in [3.8, 4) is 11.5 Å². The van der Waals surface area contributed by atoms with Crippen LogP contribution in [-0.4, -0.2) is 52.3 Å². The summed E-state index contributed by atoms with van der Waals surface area (Å²) in [6.45, 7) is 3.76. The van der Waals surface area contributed by atoms with Crippen molar-refractivity contribution in [2.45, 2.75) is 64.8 Å². The Hall–Kier alpha value is -3.81. The van der Waals surface area contributed by atoms with E-state index in [1.807, 2.05) is 26.0 Å². The monoisotopic (exact) mass is 537 g/mol. The van der Waals surface area contributed by atoms with E-state index < -0.39 is 11.9 Å². The number of amides is 1. The number of nitrogens with one attached hydrogen (secondary N) is 1. The first-order valence-electron chi connectivity index (χ1n) is 13.3. The molecule has 0 aromatic heterocycles. The van der Waals surface area contributed by atoms with Crippen molar-refractivity contribution >= 4 is 23.4 Å². The van der Waals surface area contributed by atoms with E-state index in [4.69, 9.17) is 18.9 Å². The van der Waals surface area contributed by atoms with E-state index in [1.54, 1.807) is 12.1 Å². The molecule has 2 aromatic rings. The Balaban J connectivity index is 2.02. The van der Waals surface area contributed by atoms with Crippen LogP contribution in [-0.2, 0) is 14.3 Å². The number of hydrogen-bond donors (Lipinski definition) is 1. The predicted octanol–water partition coefficient (Wildman–Crippen LogP) is 5.55. The van der Waals surface area contributed by atoms with Gasteiger partial charge in [0.05, 0.1) is 28.4 Å². The molecule has 8 nitrogen and oxygen atoms in total. The average molecular weight is 538 g/mol. The van der Waals surface area contributed by atoms with Crippen molar-refractivity contribution in [2.24, 2.45) is 0 Å². The predicted molar refractivity (Wildman–Crippen MR) is 149 cm³/mol. The van der Waals surface area contributed by atoms with Crippen LogP contribution in [0.25, 0.3) is 5.57 Å². The molecule has 0 spiro atoms. The van der Waals surface area contributed by atoms with Crippen LogP contribution in [0.15, 0.2) is 30.3 Å². The first-order valence-corrected chi connectivity index (χ1v) is 13.3. The van der Waals surface area contributed by atoms with Gasteiger partial charge < -0.3 is 24.3 Å². The Morgan fingerprint density at radius 3 is 1.87 bits per heavy atom. The van der Waals surface area contributed by atoms with Gasteiger partial charge >= 0.3 is 11.9 Å². The second-order valence-corrected chi connectivity index (χ2v) is 9.79. The van der Waals surface area contributed by atoms with Gasteiger partial charge in [0, 0.05) is 12.5 Å². The Kier molecular flexibility index (Phi) is 10.5. The topological polar surface area (TPSA) is 100 Å². The number of methoxy groups -OCH3 is 4. The van der Waals surface area contributed by atoms with Gasteiger partial charge in [-0.2, -0.15) is 0 Å². The zero-order valence-corrected chi connectivity index (χ0v) is 23.8. The summed E-state index contributed by atoms with van der Waals surface area (Å²) >= 11 is 0. The highest BCUT2D eigenvalue weighted by atomic mass is 16.5. The summed E-state index contributed by atoms with van der Waals surface area (Å²) in [5, 5.41) is 3.08. The molecule has 1 aliphatic rings. The molecule has 3 rings (SSSR count). The molecule has 0 saturated carbocycles. The number of carbonyl (C=O) groups is 3. The lowest BCUT2D eigenvalue weighted by atomic mass is 9.90. The molecule has 1 N–H and O–H groups in total. The van der Waals surface area contributed by atoms with E-state index in [-0.39, 0.29) is 11.9 Å². The molecule has 8 heteroatoms. The van der Waals surface area contributed by atoms with Gasteiger partial charge in [0.2, 0.25) is 5.91 Å². The molecule has 1 saturated heterocycles. The van der Waals surface area contributed by atoms with Gasteiger partial charge in [0.15, 0.2) is 0 Å². The number of unbranched alkanes of at least 4 members (excludes halogenated alkanes) is 2. The Labute approximate surface area is 230 Å². The van der Waals surface area contributed by atoms with Gasteiger partial charge in [0.1, 0.15) is 22.6 Å². The maximum Gasteiger partial charge on any atom is 0.341 e. The first kappa shape index (κ1) is 29.7. The van der Waals surface area contributed by atoms with Crippen molar-refractivity contribution in [3.63, 3.8) is 0 Å². The zero-order valence-electron chi connectivity index (χ0n) is 23.8. The van der Waals surface area contributed by atoms with Crippen LogP contribution in [0, 0.1) is 13.8 Å². The molecule has 1 unspecified atom stereocenters. The Bertz CT molecular complexity index is 1170. The van der Waals surface area contributed by atoms with Crippen LogP contribution in [0.5, 0.6) is 11.5 Å². The highest BCUT2D eigenvalue weighted by molar-refractivity contribution is 5.97. The number of rotatable bonds is 11. The minimum atomic E-state index is -0.494. The fourth-order valence-corrected chi connectivity index (χ4v) is 5.21. The number of aryl methyl sites for hydroxylation is 2. The second kappa shape index (κ2) is 13.8. The quantitative estimate of drug-likeness (QED) is 0.296. The number of esters is 2. The largest absolute Gasteiger partial charge is 0.496 e. The fourth-order valence-electron chi connectivity index (χ4n) is 5.21. The van der Waals surface area contributed by atoms with Crippen molar-refractivity contribution in [3.05, 3.63) is 63.7 Å². The Morgan fingerprint density at radius 2 is 1.41 bits per heavy atom. The molecule has 2 aromatic carbocycles. The van der Waals surface area contributed by atoms with E-state index in [9.17, 15) is 14.4 Å². The number of benzene rings is 2. The number of carbonyl (C=O) groups excluding carboxylic acids is 3. The van der Waals surface area contributed by atoms with E-state index >= 15 is 0 Å². The number of piperidine rings is 1. The zero-order chi connectivity index (χ0) is 28.5. The third-order valence-corrected chi connectivity index (χ3v) is 7.07. The molecule has 0 aliphatic carbocycles. The number of allylic oxidation sites excluding steroid dienone is 1. The summed E-state index contributed by atoms with van der Waals surface area (Å²) in [4.78, 5) is 36.9. The first-order chi connectivity index (χ1) is 18.7. The van der Waals surface area contributed by atoms with E-state index in [2.05, 4.69) is 11.4 Å². The molecule has 39 heavy (non-hydrogen) atoms. The van der Waals surface area contributed by atoms with Gasteiger partial charge in [-0.3, -0.25) is 4.79 Å². The van der Waals surface area contributed by atoms with Crippen LogP contribution in [0.3, 0.4) is 0 Å². The van der Waals surface area contributed by atoms with Crippen molar-refractivity contribution in [2.75, 3.05) is 28.4 Å². The van der Waals surface area contributed by atoms with Gasteiger partial charge in [-0.1, -0.05) is 12.5 Å². The number of hydrogen-bond acceptors (Lipinski definition) is 7. The third kappa shape index (κ3) is 7.19. The molecule has 0 radical (unpaired) electrons. The van der Waals surface area contributed by atoms with Crippen molar-refractivity contribution < 1.29 is 33.3 Å². The van der Waals surface area contributed by atoms with Crippen LogP contribution >= 0.6 is 0 Å². The highest BCUT2D eigenvalue weighted by Crippen LogP contribution is 2.35. The molecule has 1 fully saturated rings. The van der Waals surface area contributed by atoms with E-state index in [1.165, 1.54) is 28.4 Å². The maximum absolute atomic E-state index is 12.6. The second-order valence-electron chi connectivity index (χ2n) is 9.79. The molecule has 0 bridgehead atoms. The summed E-state index contributed by atoms with van der Waals surface area (Å²) < 4.78 is 21.1. The number of ether oxygens (including phenoxy) is 4. The standard InChI is InChI=1S/C31H39NO7/c1-19-15-21(17-25(28(19)36-3)30(34)38-5)24(13-9-7-8-11-23-12-10-14-27(33)32-23)22-16-20(2)29(37-4)26(18-22)31(35)39-6/h13,15-18,23H,7-12,14H2,1-6H3,(H,32,33). The molecule has 1 amide bonds. The van der Waals surface area contributed by atoms with Gasteiger partial charge in [-0.15, -0.1) is 0 Å². The van der Waals surface area contributed by atoms with E-state index in [0.717, 1.165) is 66.4 Å². The fraction of sp³-hybridized carbons (Fsp3) is 0.452. The average Bonchev–Trinajstić information content (AvgIpc) is 2.93. The molecule has 210 valence electrons. The SMILES string of the molecule is COC(=O)c1cc(C(=CCCCCC2CCCC(=O)N2)c2cc(C)c(OC)c(C(=O)OC)c2)cc(C)c1OC. The van der Waals surface area contributed by atoms with Crippen LogP contribution in [0.4, 0.5) is 0 Å². The van der Waals surface area contributed by atoms with E-state index in [0.29, 0.717) is 29.0 Å². The van der Waals surface area contributed by atoms with Crippen LogP contribution in [0.2, 0.25) is 0 Å². The van der Waals surface area contributed by atoms with Crippen LogP contribution in [0.1, 0.15) is 87.9 Å². The summed E-state index contributed by atoms with van der Waals surface area (Å²) in [5.74, 6) is 0.0703. The van der Waals surface area contributed by atoms with Gasteiger partial charge in [-0.05, 0) is 98.0 Å². The molecular weight excluding hydrogens is 498 g/mol. The summed E-state index contributed by atoms with van der Waals surface area (Å²) in [7, 11) is 5.72. The third-order valence-electron chi connectivity index (χ3n) is 7.07. The lowest BCUT2D eigenvalue weighted by Gasteiger charge is -2.23. The van der Waals surface area contributed by atoms with Gasteiger partial charge in [-0.25, -0.2) is 9.59 Å². The molecular formula is C31H39NO7. The van der Waals surface area contributed by atoms with Gasteiger partial charge in [0.25, 0.3) is 0 Å². The summed E-state index contributed by atoms with van der Waals surface area (Å²) in [6.07, 6.45) is 8.32. The minimum absolute atomic E-state index is 0.140. The van der Waals surface area contributed by atoms with Crippen molar-refractivity contribution in [1.82, 2.24) is 5.32 Å². The van der Waals surface area contributed by atoms with Crippen LogP contribution < -0.4 is 14.8 Å². The molecule has 1 heterocycles. The lowest BCUT2D eigenvalue weighted by molar-refractivity contribution is -0.123. The molecule has 1 aliphatic heterocycles. The maximum atomic E-state index is 12.6. The summed E-state index contributed by atoms with van der Waals surface area (Å²) in [6, 6.07) is 7.70. The highest BCUT2D eigenvalue weighted by Gasteiger charge is 2.22. The summed E-state index contributed by atoms with van der Waals surface area (Å²) in [5.41, 5.74) is 4.69. The Morgan fingerprint density at radius 1 is 0.872 bits per heavy atom. The lowest BCUT2D eigenvalue weighted by Crippen LogP contribution is -2.38. The molecule has 1 atom stereocenters.